The van der Waals surface area contributed by atoms with Crippen molar-refractivity contribution in [3.05, 3.63) is 64.3 Å². The van der Waals surface area contributed by atoms with Gasteiger partial charge < -0.3 is 14.7 Å². The first-order valence-corrected chi connectivity index (χ1v) is 12.9. The average Bonchev–Trinajstić information content (AvgIpc) is 3.36. The van der Waals surface area contributed by atoms with Crippen LogP contribution in [0, 0.1) is 13.8 Å². The van der Waals surface area contributed by atoms with Crippen molar-refractivity contribution in [2.75, 3.05) is 13.2 Å². The van der Waals surface area contributed by atoms with E-state index in [-0.39, 0.29) is 17.7 Å². The van der Waals surface area contributed by atoms with Crippen LogP contribution in [0.5, 0.6) is 11.5 Å². The van der Waals surface area contributed by atoms with Gasteiger partial charge in [0.1, 0.15) is 22.9 Å². The first-order chi connectivity index (χ1) is 17.0. The van der Waals surface area contributed by atoms with E-state index in [2.05, 4.69) is 24.0 Å². The van der Waals surface area contributed by atoms with E-state index in [0.717, 1.165) is 66.5 Å². The normalized spacial score (nSPS) is 15.0. The molecule has 6 heteroatoms. The van der Waals surface area contributed by atoms with Gasteiger partial charge in [-0.3, -0.25) is 9.89 Å². The first-order valence-electron chi connectivity index (χ1n) is 12.9. The molecule has 1 amide bonds. The Hall–Kier alpha value is -3.28. The molecule has 3 aromatic rings. The number of amides is 1. The summed E-state index contributed by atoms with van der Waals surface area (Å²) in [5.41, 5.74) is 5.61. The summed E-state index contributed by atoms with van der Waals surface area (Å²) in [6.45, 7) is 9.65. The molecule has 1 unspecified atom stereocenters. The number of nitrogens with one attached hydrogen (secondary N) is 1. The average molecular weight is 476 g/mol. The second-order valence-corrected chi connectivity index (χ2v) is 9.57. The van der Waals surface area contributed by atoms with E-state index >= 15 is 0 Å². The van der Waals surface area contributed by atoms with Crippen molar-refractivity contribution in [3.8, 4) is 22.8 Å². The second-order valence-electron chi connectivity index (χ2n) is 9.57. The van der Waals surface area contributed by atoms with Gasteiger partial charge in [0.15, 0.2) is 0 Å². The van der Waals surface area contributed by atoms with E-state index in [0.29, 0.717) is 30.1 Å². The molecule has 2 heterocycles. The van der Waals surface area contributed by atoms with Crippen LogP contribution in [-0.2, 0) is 0 Å². The number of aromatic nitrogens is 2. The number of hydrogen-bond acceptors (Lipinski definition) is 4. The van der Waals surface area contributed by atoms with Crippen molar-refractivity contribution < 1.29 is 14.6 Å². The Kier molecular flexibility index (Phi) is 7.79. The zero-order chi connectivity index (χ0) is 24.9. The number of aromatic amines is 1. The molecule has 6 nitrogen and oxygen atoms in total. The molecule has 0 radical (unpaired) electrons. The molecular formula is C29H37N3O3. The fraction of sp³-hybridized carbons (Fsp3) is 0.448. The highest BCUT2D eigenvalue weighted by Crippen LogP contribution is 2.45. The third-order valence-electron chi connectivity index (χ3n) is 6.77. The quantitative estimate of drug-likeness (QED) is 0.302. The number of fused-ring (bicyclic) bond motifs is 1. The van der Waals surface area contributed by atoms with Gasteiger partial charge in [-0.25, -0.2) is 0 Å². The third kappa shape index (κ3) is 5.07. The van der Waals surface area contributed by atoms with Gasteiger partial charge in [-0.15, -0.1) is 0 Å². The summed E-state index contributed by atoms with van der Waals surface area (Å²) in [6.07, 6.45) is 6.47. The van der Waals surface area contributed by atoms with Gasteiger partial charge >= 0.3 is 0 Å². The zero-order valence-electron chi connectivity index (χ0n) is 21.4. The number of phenolic OH excluding ortho intramolecular Hbond substituents is 1. The topological polar surface area (TPSA) is 78.5 Å². The largest absolute Gasteiger partial charge is 0.507 e. The Morgan fingerprint density at radius 2 is 1.74 bits per heavy atom. The number of aryl methyl sites for hydroxylation is 2. The molecule has 0 bridgehead atoms. The molecule has 2 N–H and O–H groups in total. The van der Waals surface area contributed by atoms with Crippen LogP contribution in [0.1, 0.15) is 91.2 Å². The molecular weight excluding hydrogens is 438 g/mol. The van der Waals surface area contributed by atoms with E-state index in [1.807, 2.05) is 49.1 Å². The fourth-order valence-electron chi connectivity index (χ4n) is 5.04. The molecule has 2 aromatic carbocycles. The van der Waals surface area contributed by atoms with Crippen LogP contribution >= 0.6 is 0 Å². The molecule has 4 rings (SSSR count). The molecule has 1 aromatic heterocycles. The van der Waals surface area contributed by atoms with E-state index < -0.39 is 0 Å². The summed E-state index contributed by atoms with van der Waals surface area (Å²) in [7, 11) is 0. The lowest BCUT2D eigenvalue weighted by Crippen LogP contribution is -2.30. The van der Waals surface area contributed by atoms with Crippen LogP contribution in [-0.4, -0.2) is 39.3 Å². The minimum absolute atomic E-state index is 0.0380. The van der Waals surface area contributed by atoms with E-state index in [1.165, 1.54) is 0 Å². The van der Waals surface area contributed by atoms with Gasteiger partial charge in [0.25, 0.3) is 5.91 Å². The number of benzene rings is 2. The number of H-pyrrole nitrogens is 1. The molecule has 0 spiro atoms. The van der Waals surface area contributed by atoms with Gasteiger partial charge in [0.2, 0.25) is 0 Å². The lowest BCUT2D eigenvalue weighted by Gasteiger charge is -2.27. The predicted molar refractivity (Wildman–Crippen MR) is 139 cm³/mol. The maximum Gasteiger partial charge on any atom is 0.273 e. The molecule has 186 valence electrons. The fourth-order valence-corrected chi connectivity index (χ4v) is 5.04. The van der Waals surface area contributed by atoms with Crippen molar-refractivity contribution in [1.82, 2.24) is 15.1 Å². The molecule has 0 saturated heterocycles. The molecule has 0 fully saturated rings. The highest BCUT2D eigenvalue weighted by atomic mass is 16.5. The molecule has 0 saturated carbocycles. The number of aromatic hydroxyl groups is 1. The number of rotatable bonds is 11. The van der Waals surface area contributed by atoms with Crippen LogP contribution in [0.15, 0.2) is 36.4 Å². The standard InChI is InChI=1S/C29H37N3O3/c1-5-7-9-15-32-28(21-11-13-22(14-12-21)35-16-10-8-6-2)25-26(30-31-27(25)29(32)34)24-20(4)17-19(3)18-23(24)33/h11-14,17-18,28,33H,5-10,15-16H2,1-4H3,(H,30,31). The summed E-state index contributed by atoms with van der Waals surface area (Å²) in [5, 5.41) is 18.4. The van der Waals surface area contributed by atoms with Crippen molar-refractivity contribution >= 4 is 5.91 Å². The van der Waals surface area contributed by atoms with E-state index in [4.69, 9.17) is 4.74 Å². The van der Waals surface area contributed by atoms with Gasteiger partial charge in [-0.2, -0.15) is 5.10 Å². The van der Waals surface area contributed by atoms with Gasteiger partial charge in [0, 0.05) is 17.7 Å². The molecule has 1 atom stereocenters. The van der Waals surface area contributed by atoms with Crippen LogP contribution in [0.2, 0.25) is 0 Å². The molecule has 35 heavy (non-hydrogen) atoms. The maximum atomic E-state index is 13.5. The summed E-state index contributed by atoms with van der Waals surface area (Å²) in [4.78, 5) is 15.4. The lowest BCUT2D eigenvalue weighted by molar-refractivity contribution is 0.0740. The number of carbonyl (C=O) groups is 1. The van der Waals surface area contributed by atoms with E-state index in [9.17, 15) is 9.90 Å². The third-order valence-corrected chi connectivity index (χ3v) is 6.77. The lowest BCUT2D eigenvalue weighted by atomic mass is 9.93. The van der Waals surface area contributed by atoms with E-state index in [1.54, 1.807) is 6.07 Å². The first kappa shape index (κ1) is 24.8. The van der Waals surface area contributed by atoms with Crippen LogP contribution in [0.4, 0.5) is 0 Å². The van der Waals surface area contributed by atoms with Crippen molar-refractivity contribution in [3.63, 3.8) is 0 Å². The number of ether oxygens (including phenoxy) is 1. The Balaban J connectivity index is 1.72. The van der Waals surface area contributed by atoms with Crippen molar-refractivity contribution in [1.29, 1.82) is 0 Å². The number of nitrogens with zero attached hydrogens (tertiary/aromatic N) is 2. The highest BCUT2D eigenvalue weighted by molar-refractivity contribution is 6.00. The second kappa shape index (κ2) is 11.0. The molecule has 1 aliphatic heterocycles. The number of hydrogen-bond donors (Lipinski definition) is 2. The monoisotopic (exact) mass is 475 g/mol. The summed E-state index contributed by atoms with van der Waals surface area (Å²) in [5.74, 6) is 0.985. The van der Waals surface area contributed by atoms with Crippen LogP contribution in [0.25, 0.3) is 11.3 Å². The summed E-state index contributed by atoms with van der Waals surface area (Å²) >= 11 is 0. The Morgan fingerprint density at radius 3 is 2.43 bits per heavy atom. The summed E-state index contributed by atoms with van der Waals surface area (Å²) < 4.78 is 5.91. The smallest absolute Gasteiger partial charge is 0.273 e. The molecule has 1 aliphatic rings. The van der Waals surface area contributed by atoms with Crippen LogP contribution in [0.3, 0.4) is 0 Å². The van der Waals surface area contributed by atoms with Crippen molar-refractivity contribution in [2.24, 2.45) is 0 Å². The van der Waals surface area contributed by atoms with Gasteiger partial charge in [0.05, 0.1) is 12.6 Å². The number of unbranched alkanes of at least 4 members (excludes halogenated alkanes) is 4. The highest BCUT2D eigenvalue weighted by Gasteiger charge is 2.42. The summed E-state index contributed by atoms with van der Waals surface area (Å²) in [6, 6.07) is 11.6. The minimum Gasteiger partial charge on any atom is -0.507 e. The van der Waals surface area contributed by atoms with Crippen molar-refractivity contribution in [2.45, 2.75) is 72.3 Å². The Bertz CT molecular complexity index is 1140. The Labute approximate surface area is 208 Å². The SMILES string of the molecule is CCCCCOc1ccc(C2c3c(-c4c(C)cc(C)cc4O)n[nH]c3C(=O)N2CCCCC)cc1. The molecule has 0 aliphatic carbocycles. The predicted octanol–water partition coefficient (Wildman–Crippen LogP) is 6.70. The minimum atomic E-state index is -0.266. The van der Waals surface area contributed by atoms with Crippen LogP contribution < -0.4 is 4.74 Å². The number of carbonyl (C=O) groups excluding carboxylic acids is 1. The van der Waals surface area contributed by atoms with Gasteiger partial charge in [-0.05, 0) is 61.6 Å². The maximum absolute atomic E-state index is 13.5. The number of phenols is 1. The Morgan fingerprint density at radius 1 is 1.03 bits per heavy atom. The van der Waals surface area contributed by atoms with Gasteiger partial charge in [-0.1, -0.05) is 57.7 Å². The zero-order valence-corrected chi connectivity index (χ0v) is 21.4.